The molecule has 1 aliphatic carbocycles. The van der Waals surface area contributed by atoms with Crippen LogP contribution < -0.4 is 4.90 Å². The highest BCUT2D eigenvalue weighted by molar-refractivity contribution is 5.52. The van der Waals surface area contributed by atoms with Gasteiger partial charge in [0.25, 0.3) is 0 Å². The summed E-state index contributed by atoms with van der Waals surface area (Å²) in [5.74, 6) is 0.624. The molecule has 2 N–H and O–H groups in total. The molecule has 2 atom stereocenters. The van der Waals surface area contributed by atoms with E-state index in [1.54, 1.807) is 12.1 Å². The molecule has 3 heteroatoms. The Morgan fingerprint density at radius 1 is 1.08 bits per heavy atom. The summed E-state index contributed by atoms with van der Waals surface area (Å²) in [7, 11) is 4.14. The van der Waals surface area contributed by atoms with Crippen LogP contribution in [0.3, 0.4) is 0 Å². The van der Waals surface area contributed by atoms with E-state index in [1.807, 2.05) is 12.1 Å². The second-order valence-corrected chi connectivity index (χ2v) is 7.24. The van der Waals surface area contributed by atoms with Crippen molar-refractivity contribution in [1.82, 2.24) is 0 Å². The first-order valence-corrected chi connectivity index (χ1v) is 8.76. The molecule has 1 saturated carbocycles. The van der Waals surface area contributed by atoms with Gasteiger partial charge < -0.3 is 15.1 Å². The average Bonchev–Trinajstić information content (AvgIpc) is 2.55. The lowest BCUT2D eigenvalue weighted by atomic mass is 9.72. The molecule has 1 aliphatic rings. The van der Waals surface area contributed by atoms with Crippen LogP contribution in [0.25, 0.3) is 0 Å². The molecule has 24 heavy (non-hydrogen) atoms. The van der Waals surface area contributed by atoms with Crippen LogP contribution in [-0.2, 0) is 12.0 Å². The van der Waals surface area contributed by atoms with E-state index in [4.69, 9.17) is 0 Å². The molecule has 0 spiro atoms. The SMILES string of the molecule is CN(C)c1ccccc1CC1CCCC(O)(c2ccccc2O)C1. The van der Waals surface area contributed by atoms with Gasteiger partial charge in [0.1, 0.15) is 5.75 Å². The van der Waals surface area contributed by atoms with Gasteiger partial charge in [0.05, 0.1) is 5.60 Å². The summed E-state index contributed by atoms with van der Waals surface area (Å²) in [4.78, 5) is 2.15. The van der Waals surface area contributed by atoms with Crippen molar-refractivity contribution in [3.63, 3.8) is 0 Å². The Balaban J connectivity index is 1.81. The lowest BCUT2D eigenvalue weighted by Crippen LogP contribution is -2.33. The Kier molecular flexibility index (Phi) is 4.81. The number of hydrogen-bond donors (Lipinski definition) is 2. The molecule has 0 radical (unpaired) electrons. The second-order valence-electron chi connectivity index (χ2n) is 7.24. The van der Waals surface area contributed by atoms with Crippen molar-refractivity contribution in [1.29, 1.82) is 0 Å². The third-order valence-corrected chi connectivity index (χ3v) is 5.22. The fraction of sp³-hybridized carbons (Fsp3) is 0.429. The van der Waals surface area contributed by atoms with E-state index in [0.29, 0.717) is 17.9 Å². The summed E-state index contributed by atoms with van der Waals surface area (Å²) >= 11 is 0. The maximum atomic E-state index is 11.2. The van der Waals surface area contributed by atoms with Crippen molar-refractivity contribution < 1.29 is 10.2 Å². The number of anilines is 1. The largest absolute Gasteiger partial charge is 0.508 e. The topological polar surface area (TPSA) is 43.7 Å². The third kappa shape index (κ3) is 3.41. The zero-order valence-electron chi connectivity index (χ0n) is 14.6. The Morgan fingerprint density at radius 3 is 2.54 bits per heavy atom. The quantitative estimate of drug-likeness (QED) is 0.890. The molecule has 2 aromatic rings. The summed E-state index contributed by atoms with van der Waals surface area (Å²) in [6.45, 7) is 0. The fourth-order valence-electron chi connectivity index (χ4n) is 4.08. The van der Waals surface area contributed by atoms with Gasteiger partial charge >= 0.3 is 0 Å². The summed E-state index contributed by atoms with van der Waals surface area (Å²) in [5, 5.41) is 21.3. The van der Waals surface area contributed by atoms with Gasteiger partial charge in [-0.1, -0.05) is 36.4 Å². The van der Waals surface area contributed by atoms with Gasteiger partial charge in [-0.2, -0.15) is 0 Å². The smallest absolute Gasteiger partial charge is 0.121 e. The van der Waals surface area contributed by atoms with Crippen LogP contribution in [0.4, 0.5) is 5.69 Å². The average molecular weight is 325 g/mol. The van der Waals surface area contributed by atoms with E-state index in [0.717, 1.165) is 25.7 Å². The third-order valence-electron chi connectivity index (χ3n) is 5.22. The van der Waals surface area contributed by atoms with E-state index in [1.165, 1.54) is 11.3 Å². The predicted octanol–water partition coefficient (Wildman–Crippen LogP) is 4.08. The monoisotopic (exact) mass is 325 g/mol. The summed E-state index contributed by atoms with van der Waals surface area (Å²) in [6, 6.07) is 15.7. The summed E-state index contributed by atoms with van der Waals surface area (Å²) < 4.78 is 0. The summed E-state index contributed by atoms with van der Waals surface area (Å²) in [5.41, 5.74) is 2.33. The van der Waals surface area contributed by atoms with E-state index in [2.05, 4.69) is 43.3 Å². The first kappa shape index (κ1) is 16.8. The predicted molar refractivity (Wildman–Crippen MR) is 98.4 cm³/mol. The fourth-order valence-corrected chi connectivity index (χ4v) is 4.08. The molecule has 0 amide bonds. The van der Waals surface area contributed by atoms with Gasteiger partial charge in [-0.05, 0) is 55.7 Å². The maximum absolute atomic E-state index is 11.2. The minimum Gasteiger partial charge on any atom is -0.508 e. The van der Waals surface area contributed by atoms with Crippen LogP contribution in [0.1, 0.15) is 36.8 Å². The van der Waals surface area contributed by atoms with E-state index in [-0.39, 0.29) is 5.75 Å². The van der Waals surface area contributed by atoms with Crippen molar-refractivity contribution in [3.8, 4) is 5.75 Å². The Hall–Kier alpha value is -2.00. The molecule has 0 aliphatic heterocycles. The number of rotatable bonds is 4. The molecule has 2 aromatic carbocycles. The van der Waals surface area contributed by atoms with Gasteiger partial charge in [0, 0.05) is 25.3 Å². The molecular formula is C21H27NO2. The van der Waals surface area contributed by atoms with Crippen molar-refractivity contribution in [2.24, 2.45) is 5.92 Å². The summed E-state index contributed by atoms with van der Waals surface area (Å²) in [6.07, 6.45) is 4.49. The number of phenolic OH excluding ortho intramolecular Hbond substituents is 1. The van der Waals surface area contributed by atoms with Gasteiger partial charge in [-0.3, -0.25) is 0 Å². The van der Waals surface area contributed by atoms with Crippen LogP contribution in [-0.4, -0.2) is 24.3 Å². The zero-order valence-corrected chi connectivity index (χ0v) is 14.6. The Bertz CT molecular complexity index is 698. The van der Waals surface area contributed by atoms with E-state index in [9.17, 15) is 10.2 Å². The lowest BCUT2D eigenvalue weighted by Gasteiger charge is -2.38. The molecule has 2 unspecified atom stereocenters. The maximum Gasteiger partial charge on any atom is 0.121 e. The Labute approximate surface area is 144 Å². The number of para-hydroxylation sites is 2. The number of nitrogens with zero attached hydrogens (tertiary/aromatic N) is 1. The normalized spacial score (nSPS) is 23.9. The number of benzene rings is 2. The second kappa shape index (κ2) is 6.86. The van der Waals surface area contributed by atoms with Crippen LogP contribution in [0.15, 0.2) is 48.5 Å². The van der Waals surface area contributed by atoms with Crippen molar-refractivity contribution in [2.45, 2.75) is 37.7 Å². The number of hydrogen-bond acceptors (Lipinski definition) is 3. The van der Waals surface area contributed by atoms with Gasteiger partial charge in [-0.15, -0.1) is 0 Å². The van der Waals surface area contributed by atoms with Gasteiger partial charge in [0.15, 0.2) is 0 Å². The van der Waals surface area contributed by atoms with Gasteiger partial charge in [-0.25, -0.2) is 0 Å². The molecule has 0 bridgehead atoms. The molecule has 0 saturated heterocycles. The molecule has 3 rings (SSSR count). The first-order valence-electron chi connectivity index (χ1n) is 8.76. The standard InChI is InChI=1S/C21H27NO2/c1-22(2)19-11-5-3-9-17(19)14-16-8-7-13-21(24,15-16)18-10-4-6-12-20(18)23/h3-6,9-12,16,23-24H,7-8,13-15H2,1-2H3. The van der Waals surface area contributed by atoms with Crippen LogP contribution in [0.2, 0.25) is 0 Å². The molecule has 3 nitrogen and oxygen atoms in total. The highest BCUT2D eigenvalue weighted by Crippen LogP contribution is 2.44. The highest BCUT2D eigenvalue weighted by Gasteiger charge is 2.37. The molecule has 128 valence electrons. The van der Waals surface area contributed by atoms with E-state index < -0.39 is 5.60 Å². The number of aromatic hydroxyl groups is 1. The minimum absolute atomic E-state index is 0.203. The number of phenols is 1. The molecular weight excluding hydrogens is 298 g/mol. The van der Waals surface area contributed by atoms with Crippen molar-refractivity contribution >= 4 is 5.69 Å². The first-order chi connectivity index (χ1) is 11.5. The zero-order chi connectivity index (χ0) is 17.2. The van der Waals surface area contributed by atoms with Gasteiger partial charge in [0.2, 0.25) is 0 Å². The van der Waals surface area contributed by atoms with Crippen molar-refractivity contribution in [2.75, 3.05) is 19.0 Å². The van der Waals surface area contributed by atoms with Crippen molar-refractivity contribution in [3.05, 3.63) is 59.7 Å². The lowest BCUT2D eigenvalue weighted by molar-refractivity contribution is -0.0226. The Morgan fingerprint density at radius 2 is 1.79 bits per heavy atom. The van der Waals surface area contributed by atoms with Crippen LogP contribution >= 0.6 is 0 Å². The number of aliphatic hydroxyl groups is 1. The highest BCUT2D eigenvalue weighted by atomic mass is 16.3. The van der Waals surface area contributed by atoms with E-state index >= 15 is 0 Å². The van der Waals surface area contributed by atoms with Crippen LogP contribution in [0.5, 0.6) is 5.75 Å². The molecule has 0 heterocycles. The molecule has 0 aromatic heterocycles. The minimum atomic E-state index is -0.915. The molecule has 1 fully saturated rings. The van der Waals surface area contributed by atoms with Crippen LogP contribution in [0, 0.1) is 5.92 Å².